The second kappa shape index (κ2) is 5.17. The molecule has 0 aliphatic carbocycles. The number of hydrogen-bond acceptors (Lipinski definition) is 8. The van der Waals surface area contributed by atoms with E-state index in [-0.39, 0.29) is 6.61 Å². The van der Waals surface area contributed by atoms with Crippen LogP contribution in [-0.4, -0.2) is 71.4 Å². The molecule has 2 N–H and O–H groups in total. The zero-order valence-corrected chi connectivity index (χ0v) is 11.5. The Morgan fingerprint density at radius 1 is 1.45 bits per heavy atom. The van der Waals surface area contributed by atoms with Gasteiger partial charge in [-0.15, -0.1) is 0 Å². The molecule has 0 bridgehead atoms. The van der Waals surface area contributed by atoms with Crippen LogP contribution in [0.4, 0.5) is 0 Å². The molecule has 2 rings (SSSR count). The van der Waals surface area contributed by atoms with Crippen LogP contribution in [-0.2, 0) is 18.9 Å². The summed E-state index contributed by atoms with van der Waals surface area (Å²) in [7, 11) is 1.36. The molecule has 2 heterocycles. The molecule has 0 saturated carbocycles. The van der Waals surface area contributed by atoms with Gasteiger partial charge < -0.3 is 29.2 Å². The van der Waals surface area contributed by atoms with Gasteiger partial charge in [0, 0.05) is 12.0 Å². The monoisotopic (exact) mass is 293 g/mol. The summed E-state index contributed by atoms with van der Waals surface area (Å²) >= 11 is 0. The lowest BCUT2D eigenvalue weighted by Gasteiger charge is -2.32. The van der Waals surface area contributed by atoms with Crippen LogP contribution in [0.3, 0.4) is 0 Å². The molecule has 0 amide bonds. The summed E-state index contributed by atoms with van der Waals surface area (Å²) < 4.78 is 21.1. The number of aliphatic hydroxyl groups is 2. The predicted molar refractivity (Wildman–Crippen MR) is 63.4 cm³/mol. The summed E-state index contributed by atoms with van der Waals surface area (Å²) in [5, 5.41) is 31.4. The molecule has 0 aromatic heterocycles. The van der Waals surface area contributed by atoms with E-state index in [9.17, 15) is 20.3 Å². The molecule has 116 valence electrons. The third kappa shape index (κ3) is 2.65. The van der Waals surface area contributed by atoms with Crippen molar-refractivity contribution in [2.75, 3.05) is 20.3 Å². The summed E-state index contributed by atoms with van der Waals surface area (Å²) in [5.74, 6) is -1.02. The fourth-order valence-electron chi connectivity index (χ4n) is 2.66. The van der Waals surface area contributed by atoms with Crippen molar-refractivity contribution in [3.05, 3.63) is 10.1 Å². The van der Waals surface area contributed by atoms with Crippen molar-refractivity contribution >= 4 is 0 Å². The van der Waals surface area contributed by atoms with E-state index in [1.807, 2.05) is 0 Å². The first-order chi connectivity index (χ1) is 9.19. The Kier molecular flexibility index (Phi) is 4.02. The zero-order chi connectivity index (χ0) is 15.1. The van der Waals surface area contributed by atoms with E-state index < -0.39 is 47.5 Å². The topological polar surface area (TPSA) is 121 Å². The van der Waals surface area contributed by atoms with Crippen LogP contribution in [0.15, 0.2) is 0 Å². The van der Waals surface area contributed by atoms with Gasteiger partial charge in [-0.1, -0.05) is 0 Å². The molecule has 2 aliphatic rings. The average molecular weight is 293 g/mol. The van der Waals surface area contributed by atoms with E-state index in [4.69, 9.17) is 18.9 Å². The summed E-state index contributed by atoms with van der Waals surface area (Å²) in [5.41, 5.74) is -1.99. The minimum absolute atomic E-state index is 0.131. The Labute approximate surface area is 115 Å². The van der Waals surface area contributed by atoms with E-state index >= 15 is 0 Å². The Morgan fingerprint density at radius 3 is 2.65 bits per heavy atom. The van der Waals surface area contributed by atoms with Crippen molar-refractivity contribution in [1.82, 2.24) is 0 Å². The highest BCUT2D eigenvalue weighted by atomic mass is 16.8. The second-order valence-electron chi connectivity index (χ2n) is 5.49. The van der Waals surface area contributed by atoms with Crippen LogP contribution in [0, 0.1) is 10.1 Å². The smallest absolute Gasteiger partial charge is 0.237 e. The molecule has 2 fully saturated rings. The van der Waals surface area contributed by atoms with E-state index in [0.717, 1.165) is 0 Å². The second-order valence-corrected chi connectivity index (χ2v) is 5.49. The lowest BCUT2D eigenvalue weighted by Crippen LogP contribution is -2.58. The Morgan fingerprint density at radius 2 is 2.10 bits per heavy atom. The molecule has 0 aromatic carbocycles. The minimum Gasteiger partial charge on any atom is -0.388 e. The van der Waals surface area contributed by atoms with Gasteiger partial charge in [-0.25, -0.2) is 0 Å². The van der Waals surface area contributed by atoms with Crippen molar-refractivity contribution in [1.29, 1.82) is 0 Å². The van der Waals surface area contributed by atoms with Gasteiger partial charge in [0.05, 0.1) is 6.61 Å². The summed E-state index contributed by atoms with van der Waals surface area (Å²) in [6.07, 6.45) is -4.46. The molecule has 9 heteroatoms. The average Bonchev–Trinajstić information content (AvgIpc) is 2.71. The summed E-state index contributed by atoms with van der Waals surface area (Å²) in [6.45, 7) is 2.27. The van der Waals surface area contributed by atoms with Gasteiger partial charge in [-0.2, -0.15) is 0 Å². The SMILES string of the molecule is COC[C@@H](O)[C@H]1O[C@@H]2OC(C)(C)O[C@@H]2[C@@]1(O)C[N+](=O)[O-]. The van der Waals surface area contributed by atoms with Crippen molar-refractivity contribution < 1.29 is 34.1 Å². The molecular formula is C11H19NO8. The summed E-state index contributed by atoms with van der Waals surface area (Å²) in [6, 6.07) is 0. The maximum Gasteiger partial charge on any atom is 0.237 e. The van der Waals surface area contributed by atoms with E-state index in [2.05, 4.69) is 0 Å². The molecule has 2 aliphatic heterocycles. The fourth-order valence-corrected chi connectivity index (χ4v) is 2.66. The lowest BCUT2D eigenvalue weighted by atomic mass is 9.89. The number of ether oxygens (including phenoxy) is 4. The van der Waals surface area contributed by atoms with Crippen molar-refractivity contribution in [3.63, 3.8) is 0 Å². The largest absolute Gasteiger partial charge is 0.388 e. The van der Waals surface area contributed by atoms with Crippen LogP contribution in [0.5, 0.6) is 0 Å². The van der Waals surface area contributed by atoms with Crippen LogP contribution in [0.1, 0.15) is 13.8 Å². The molecular weight excluding hydrogens is 274 g/mol. The summed E-state index contributed by atoms with van der Waals surface area (Å²) in [4.78, 5) is 10.1. The van der Waals surface area contributed by atoms with E-state index in [1.165, 1.54) is 7.11 Å². The van der Waals surface area contributed by atoms with Gasteiger partial charge in [0.2, 0.25) is 6.54 Å². The number of fused-ring (bicyclic) bond motifs is 1. The maximum atomic E-state index is 10.8. The standard InChI is InChI=1S/C11H19NO8/c1-10(2)19-8-9(20-10)18-7(6(13)4-17-3)11(8,14)5-12(15)16/h6-9,13-14H,4-5H2,1-3H3/t6-,7-,8+,9-,11-/m1/s1. The lowest BCUT2D eigenvalue weighted by molar-refractivity contribution is -0.507. The normalized spacial score (nSPS) is 40.5. The quantitative estimate of drug-likeness (QED) is 0.483. The van der Waals surface area contributed by atoms with Crippen LogP contribution in [0.25, 0.3) is 0 Å². The zero-order valence-electron chi connectivity index (χ0n) is 11.5. The highest BCUT2D eigenvalue weighted by Gasteiger charge is 2.67. The minimum atomic E-state index is -1.99. The first-order valence-corrected chi connectivity index (χ1v) is 6.22. The van der Waals surface area contributed by atoms with Gasteiger partial charge in [-0.05, 0) is 13.8 Å². The van der Waals surface area contributed by atoms with Crippen molar-refractivity contribution in [3.8, 4) is 0 Å². The molecule has 9 nitrogen and oxygen atoms in total. The number of rotatable bonds is 5. The van der Waals surface area contributed by atoms with Crippen molar-refractivity contribution in [2.45, 2.75) is 49.8 Å². The van der Waals surface area contributed by atoms with E-state index in [0.29, 0.717) is 0 Å². The molecule has 5 atom stereocenters. The number of nitrogens with zero attached hydrogens (tertiary/aromatic N) is 1. The highest BCUT2D eigenvalue weighted by Crippen LogP contribution is 2.44. The highest BCUT2D eigenvalue weighted by molar-refractivity contribution is 5.07. The van der Waals surface area contributed by atoms with Crippen molar-refractivity contribution in [2.24, 2.45) is 0 Å². The first kappa shape index (κ1) is 15.5. The Balaban J connectivity index is 2.25. The third-order valence-corrected chi connectivity index (χ3v) is 3.39. The first-order valence-electron chi connectivity index (χ1n) is 6.22. The van der Waals surface area contributed by atoms with Crippen LogP contribution >= 0.6 is 0 Å². The van der Waals surface area contributed by atoms with Gasteiger partial charge in [-0.3, -0.25) is 10.1 Å². The molecule has 0 aromatic rings. The molecule has 0 radical (unpaired) electrons. The fraction of sp³-hybridized carbons (Fsp3) is 1.00. The third-order valence-electron chi connectivity index (χ3n) is 3.39. The number of aliphatic hydroxyl groups excluding tert-OH is 1. The van der Waals surface area contributed by atoms with Gasteiger partial charge in [0.25, 0.3) is 0 Å². The molecule has 20 heavy (non-hydrogen) atoms. The van der Waals surface area contributed by atoms with E-state index in [1.54, 1.807) is 13.8 Å². The molecule has 0 spiro atoms. The Hall–Kier alpha value is -0.840. The molecule has 0 unspecified atom stereocenters. The van der Waals surface area contributed by atoms with Gasteiger partial charge in [0.1, 0.15) is 18.3 Å². The Bertz CT molecular complexity index is 389. The molecule has 2 saturated heterocycles. The predicted octanol–water partition coefficient (Wildman–Crippen LogP) is -1.12. The maximum absolute atomic E-state index is 10.8. The van der Waals surface area contributed by atoms with Gasteiger partial charge >= 0.3 is 0 Å². The number of hydrogen-bond donors (Lipinski definition) is 2. The number of nitro groups is 1. The van der Waals surface area contributed by atoms with Gasteiger partial charge in [0.15, 0.2) is 17.7 Å². The van der Waals surface area contributed by atoms with Crippen LogP contribution in [0.2, 0.25) is 0 Å². The number of methoxy groups -OCH3 is 1. The van der Waals surface area contributed by atoms with Crippen LogP contribution < -0.4 is 0 Å².